The molecule has 0 aliphatic heterocycles. The van der Waals surface area contributed by atoms with Gasteiger partial charge >= 0.3 is 0 Å². The van der Waals surface area contributed by atoms with Crippen molar-refractivity contribution in [3.05, 3.63) is 39.3 Å². The molecule has 1 aromatic rings. The molecule has 0 aliphatic carbocycles. The lowest BCUT2D eigenvalue weighted by molar-refractivity contribution is 1.28. The molecule has 0 saturated heterocycles. The molecule has 0 heterocycles. The molecule has 0 N–H and O–H groups in total. The zero-order chi connectivity index (χ0) is 9.84. The lowest BCUT2D eigenvalue weighted by Crippen LogP contribution is -1.81. The fraction of sp³-hybridized carbons (Fsp3) is 0.200. The Morgan fingerprint density at radius 1 is 1.46 bits per heavy atom. The van der Waals surface area contributed by atoms with Gasteiger partial charge < -0.3 is 0 Å². The van der Waals surface area contributed by atoms with Crippen LogP contribution in [0.25, 0.3) is 6.08 Å². The summed E-state index contributed by atoms with van der Waals surface area (Å²) in [6.45, 7) is 2.06. The molecule has 0 aliphatic rings. The van der Waals surface area contributed by atoms with Gasteiger partial charge in [0.25, 0.3) is 0 Å². The zero-order valence-electron chi connectivity index (χ0n) is 7.10. The summed E-state index contributed by atoms with van der Waals surface area (Å²) >= 11 is 12.8. The molecule has 0 radical (unpaired) electrons. The highest BCUT2D eigenvalue weighted by Crippen LogP contribution is 2.22. The molecule has 0 fully saturated rings. The van der Waals surface area contributed by atoms with Crippen molar-refractivity contribution in [2.24, 2.45) is 0 Å². The van der Waals surface area contributed by atoms with Crippen molar-refractivity contribution in [2.75, 3.05) is 0 Å². The second-order valence-corrected chi connectivity index (χ2v) is 5.47. The van der Waals surface area contributed by atoms with Crippen LogP contribution < -0.4 is 0 Å². The van der Waals surface area contributed by atoms with Gasteiger partial charge in [0, 0.05) is 14.3 Å². The first kappa shape index (κ1) is 11.3. The molecule has 3 heteroatoms. The average Bonchev–Trinajstić information content (AvgIpc) is 2.06. The summed E-state index contributed by atoms with van der Waals surface area (Å²) in [6, 6.07) is 5.80. The molecule has 1 rings (SSSR count). The van der Waals surface area contributed by atoms with Crippen LogP contribution in [0.2, 0.25) is 5.02 Å². The van der Waals surface area contributed by atoms with Gasteiger partial charge in [0.1, 0.15) is 0 Å². The minimum absolute atomic E-state index is 0.363. The third-order valence-electron chi connectivity index (χ3n) is 1.50. The maximum absolute atomic E-state index is 5.99. The van der Waals surface area contributed by atoms with E-state index in [9.17, 15) is 0 Å². The van der Waals surface area contributed by atoms with Crippen LogP contribution in [0, 0.1) is 0 Å². The Labute approximate surface area is 100 Å². The first-order valence-corrected chi connectivity index (χ1v) is 5.95. The summed E-state index contributed by atoms with van der Waals surface area (Å²) in [5, 5.41) is 0.771. The van der Waals surface area contributed by atoms with Gasteiger partial charge in [0.15, 0.2) is 0 Å². The lowest BCUT2D eigenvalue weighted by atomic mass is 10.2. The topological polar surface area (TPSA) is 0 Å². The highest BCUT2D eigenvalue weighted by molar-refractivity contribution is 9.10. The summed E-state index contributed by atoms with van der Waals surface area (Å²) < 4.78 is 1.04. The van der Waals surface area contributed by atoms with E-state index in [4.69, 9.17) is 11.6 Å². The second-order valence-electron chi connectivity index (χ2n) is 2.70. The van der Waals surface area contributed by atoms with E-state index in [1.807, 2.05) is 30.4 Å². The van der Waals surface area contributed by atoms with Crippen LogP contribution in [0.3, 0.4) is 0 Å². The molecule has 0 amide bonds. The molecule has 0 nitrogen and oxygen atoms in total. The molecule has 0 saturated carbocycles. The van der Waals surface area contributed by atoms with Gasteiger partial charge in [-0.25, -0.2) is 0 Å². The molecule has 1 unspecified atom stereocenters. The Morgan fingerprint density at radius 3 is 2.77 bits per heavy atom. The molecule has 0 bridgehead atoms. The van der Waals surface area contributed by atoms with E-state index < -0.39 is 0 Å². The normalized spacial score (nSPS) is 13.5. The number of benzene rings is 1. The monoisotopic (exact) mass is 322 g/mol. The minimum Gasteiger partial charge on any atom is -0.0848 e. The van der Waals surface area contributed by atoms with E-state index in [-0.39, 0.29) is 0 Å². The maximum atomic E-state index is 5.99. The van der Waals surface area contributed by atoms with Gasteiger partial charge in [0.2, 0.25) is 0 Å². The Morgan fingerprint density at radius 2 is 2.15 bits per heavy atom. The van der Waals surface area contributed by atoms with E-state index in [1.54, 1.807) is 0 Å². The summed E-state index contributed by atoms with van der Waals surface area (Å²) in [5.41, 5.74) is 1.03. The van der Waals surface area contributed by atoms with Crippen LogP contribution in [0.4, 0.5) is 0 Å². The van der Waals surface area contributed by atoms with Crippen LogP contribution in [-0.2, 0) is 0 Å². The summed E-state index contributed by atoms with van der Waals surface area (Å²) in [5.74, 6) is 0. The quantitative estimate of drug-likeness (QED) is 0.679. The van der Waals surface area contributed by atoms with Gasteiger partial charge in [0.05, 0.1) is 0 Å². The van der Waals surface area contributed by atoms with E-state index in [0.717, 1.165) is 15.1 Å². The van der Waals surface area contributed by atoms with E-state index in [1.165, 1.54) is 0 Å². The Hall–Kier alpha value is 0.210. The molecule has 1 aromatic carbocycles. The van der Waals surface area contributed by atoms with E-state index in [2.05, 4.69) is 38.8 Å². The van der Waals surface area contributed by atoms with Crippen molar-refractivity contribution in [1.29, 1.82) is 0 Å². The third-order valence-corrected chi connectivity index (χ3v) is 2.64. The summed E-state index contributed by atoms with van der Waals surface area (Å²) in [7, 11) is 0. The summed E-state index contributed by atoms with van der Waals surface area (Å²) in [6.07, 6.45) is 4.06. The molecule has 13 heavy (non-hydrogen) atoms. The lowest BCUT2D eigenvalue weighted by Gasteiger charge is -1.99. The zero-order valence-corrected chi connectivity index (χ0v) is 11.0. The fourth-order valence-electron chi connectivity index (χ4n) is 0.879. The molecule has 0 spiro atoms. The van der Waals surface area contributed by atoms with E-state index in [0.29, 0.717) is 4.83 Å². The SMILES string of the molecule is CC(Br)/C=C/c1cc(Br)ccc1Cl. The standard InChI is InChI=1S/C10H9Br2Cl/c1-7(11)2-3-8-6-9(12)4-5-10(8)13/h2-7H,1H3/b3-2+. The maximum Gasteiger partial charge on any atom is 0.0479 e. The molecular weight excluding hydrogens is 315 g/mol. The molecular formula is C10H9Br2Cl. The van der Waals surface area contributed by atoms with Gasteiger partial charge in [-0.05, 0) is 30.7 Å². The first-order chi connectivity index (χ1) is 6.09. The number of alkyl halides is 1. The number of rotatable bonds is 2. The van der Waals surface area contributed by atoms with Gasteiger partial charge in [-0.15, -0.1) is 0 Å². The third kappa shape index (κ3) is 3.84. The fourth-order valence-corrected chi connectivity index (χ4v) is 1.59. The second kappa shape index (κ2) is 5.18. The van der Waals surface area contributed by atoms with Gasteiger partial charge in [-0.3, -0.25) is 0 Å². The number of hydrogen-bond acceptors (Lipinski definition) is 0. The van der Waals surface area contributed by atoms with Gasteiger partial charge in [-0.1, -0.05) is 55.6 Å². The van der Waals surface area contributed by atoms with Crippen molar-refractivity contribution in [3.8, 4) is 0 Å². The van der Waals surface area contributed by atoms with Crippen LogP contribution in [0.5, 0.6) is 0 Å². The van der Waals surface area contributed by atoms with Crippen molar-refractivity contribution in [2.45, 2.75) is 11.8 Å². The smallest absolute Gasteiger partial charge is 0.0479 e. The van der Waals surface area contributed by atoms with Crippen molar-refractivity contribution < 1.29 is 0 Å². The predicted molar refractivity (Wildman–Crippen MR) is 66.6 cm³/mol. The first-order valence-electron chi connectivity index (χ1n) is 3.87. The minimum atomic E-state index is 0.363. The van der Waals surface area contributed by atoms with Crippen LogP contribution in [0.1, 0.15) is 12.5 Å². The molecule has 0 aromatic heterocycles. The average molecular weight is 324 g/mol. The molecule has 1 atom stereocenters. The Balaban J connectivity index is 2.93. The number of halogens is 3. The Kier molecular flexibility index (Phi) is 4.50. The Bertz CT molecular complexity index is 319. The highest BCUT2D eigenvalue weighted by atomic mass is 79.9. The highest BCUT2D eigenvalue weighted by Gasteiger charge is 1.97. The van der Waals surface area contributed by atoms with Crippen molar-refractivity contribution >= 4 is 49.5 Å². The summed E-state index contributed by atoms with van der Waals surface area (Å²) in [4.78, 5) is 0.363. The number of allylic oxidation sites excluding steroid dienone is 1. The van der Waals surface area contributed by atoms with Crippen molar-refractivity contribution in [3.63, 3.8) is 0 Å². The molecule has 70 valence electrons. The largest absolute Gasteiger partial charge is 0.0848 e. The van der Waals surface area contributed by atoms with Crippen LogP contribution in [0.15, 0.2) is 28.7 Å². The van der Waals surface area contributed by atoms with Crippen LogP contribution >= 0.6 is 43.5 Å². The van der Waals surface area contributed by atoms with E-state index >= 15 is 0 Å². The predicted octanol–water partition coefficient (Wildman–Crippen LogP) is 4.90. The van der Waals surface area contributed by atoms with Gasteiger partial charge in [-0.2, -0.15) is 0 Å². The number of hydrogen-bond donors (Lipinski definition) is 0. The van der Waals surface area contributed by atoms with Crippen molar-refractivity contribution in [1.82, 2.24) is 0 Å². The van der Waals surface area contributed by atoms with Crippen LogP contribution in [-0.4, -0.2) is 4.83 Å².